The zero-order valence-corrected chi connectivity index (χ0v) is 28.9. The summed E-state index contributed by atoms with van der Waals surface area (Å²) in [7, 11) is 0. The number of benzene rings is 5. The van der Waals surface area contributed by atoms with Crippen molar-refractivity contribution >= 4 is 57.2 Å². The molecule has 47 heavy (non-hydrogen) atoms. The largest absolute Gasteiger partial charge is 0.311 e. The third-order valence-corrected chi connectivity index (χ3v) is 10.3. The van der Waals surface area contributed by atoms with E-state index in [1.54, 1.807) is 0 Å². The Labute approximate surface area is 283 Å². The summed E-state index contributed by atoms with van der Waals surface area (Å²) in [5, 5.41) is 0. The molecule has 0 fully saturated rings. The van der Waals surface area contributed by atoms with Crippen LogP contribution in [0, 0.1) is 13.8 Å². The molecule has 0 aliphatic carbocycles. The van der Waals surface area contributed by atoms with Gasteiger partial charge in [0, 0.05) is 34.1 Å². The SMILES string of the molecule is CCCCCCc1ccc(N2c3ccc(C)cc3B3c4cc(C)ccc4N(c4ccc(CCCCCC)cc4)c4cccc2c43)cc1. The summed E-state index contributed by atoms with van der Waals surface area (Å²) >= 11 is 0. The van der Waals surface area contributed by atoms with Crippen LogP contribution in [0.4, 0.5) is 34.1 Å². The van der Waals surface area contributed by atoms with Gasteiger partial charge in [-0.1, -0.05) is 118 Å². The van der Waals surface area contributed by atoms with Crippen molar-refractivity contribution in [3.05, 3.63) is 125 Å². The van der Waals surface area contributed by atoms with Crippen LogP contribution < -0.4 is 26.2 Å². The van der Waals surface area contributed by atoms with Crippen LogP contribution in [-0.2, 0) is 12.8 Å². The van der Waals surface area contributed by atoms with Crippen LogP contribution in [0.5, 0.6) is 0 Å². The minimum Gasteiger partial charge on any atom is -0.311 e. The van der Waals surface area contributed by atoms with Gasteiger partial charge in [-0.3, -0.25) is 0 Å². The molecule has 0 amide bonds. The highest BCUT2D eigenvalue weighted by Crippen LogP contribution is 2.44. The second kappa shape index (κ2) is 13.9. The Bertz CT molecular complexity index is 1710. The summed E-state index contributed by atoms with van der Waals surface area (Å²) in [5.41, 5.74) is 17.3. The second-order valence-electron chi connectivity index (χ2n) is 13.9. The number of hydrogen-bond acceptors (Lipinski definition) is 2. The van der Waals surface area contributed by atoms with E-state index in [9.17, 15) is 0 Å². The highest BCUT2D eigenvalue weighted by atomic mass is 15.2. The number of rotatable bonds is 12. The van der Waals surface area contributed by atoms with Gasteiger partial charge < -0.3 is 9.80 Å². The van der Waals surface area contributed by atoms with E-state index in [-0.39, 0.29) is 6.71 Å². The fourth-order valence-corrected chi connectivity index (χ4v) is 7.87. The predicted octanol–water partition coefficient (Wildman–Crippen LogP) is 10.6. The van der Waals surface area contributed by atoms with Crippen molar-refractivity contribution in [1.82, 2.24) is 0 Å². The minimum absolute atomic E-state index is 0.175. The van der Waals surface area contributed by atoms with Crippen molar-refractivity contribution in [2.75, 3.05) is 9.80 Å². The molecule has 0 bridgehead atoms. The molecule has 0 saturated heterocycles. The molecule has 0 atom stereocenters. The van der Waals surface area contributed by atoms with Crippen LogP contribution in [0.3, 0.4) is 0 Å². The topological polar surface area (TPSA) is 6.48 Å². The van der Waals surface area contributed by atoms with Gasteiger partial charge >= 0.3 is 0 Å². The zero-order valence-electron chi connectivity index (χ0n) is 28.9. The Kier molecular flexibility index (Phi) is 9.25. The zero-order chi connectivity index (χ0) is 32.3. The Morgan fingerprint density at radius 1 is 0.468 bits per heavy atom. The van der Waals surface area contributed by atoms with Crippen LogP contribution in [0.25, 0.3) is 0 Å². The summed E-state index contributed by atoms with van der Waals surface area (Å²) in [4.78, 5) is 5.03. The molecule has 238 valence electrons. The third kappa shape index (κ3) is 6.13. The fraction of sp³-hybridized carbons (Fsp3) is 0.318. The lowest BCUT2D eigenvalue weighted by Gasteiger charge is -2.44. The van der Waals surface area contributed by atoms with Gasteiger partial charge in [-0.25, -0.2) is 0 Å². The van der Waals surface area contributed by atoms with Gasteiger partial charge in [0.05, 0.1) is 0 Å². The first-order valence-electron chi connectivity index (χ1n) is 18.2. The molecule has 5 aromatic rings. The Morgan fingerprint density at radius 2 is 0.915 bits per heavy atom. The van der Waals surface area contributed by atoms with Crippen LogP contribution in [0.1, 0.15) is 87.5 Å². The molecule has 2 nitrogen and oxygen atoms in total. The maximum atomic E-state index is 2.52. The smallest absolute Gasteiger partial charge is 0.252 e. The molecular formula is C44H49BN2. The van der Waals surface area contributed by atoms with Crippen LogP contribution in [0.15, 0.2) is 103 Å². The van der Waals surface area contributed by atoms with E-state index in [0.717, 1.165) is 12.8 Å². The maximum Gasteiger partial charge on any atom is 0.252 e. The van der Waals surface area contributed by atoms with Gasteiger partial charge in [0.15, 0.2) is 0 Å². The van der Waals surface area contributed by atoms with Crippen LogP contribution in [0.2, 0.25) is 0 Å². The molecule has 0 spiro atoms. The highest BCUT2D eigenvalue weighted by Gasteiger charge is 2.43. The van der Waals surface area contributed by atoms with E-state index >= 15 is 0 Å². The lowest BCUT2D eigenvalue weighted by Crippen LogP contribution is -2.61. The number of aryl methyl sites for hydroxylation is 4. The molecule has 0 N–H and O–H groups in total. The van der Waals surface area contributed by atoms with E-state index in [0.29, 0.717) is 0 Å². The van der Waals surface area contributed by atoms with Crippen molar-refractivity contribution < 1.29 is 0 Å². The molecule has 0 radical (unpaired) electrons. The summed E-state index contributed by atoms with van der Waals surface area (Å²) < 4.78 is 0. The molecular weight excluding hydrogens is 567 g/mol. The normalized spacial score (nSPS) is 13.0. The number of unbranched alkanes of at least 4 members (excludes halogenated alkanes) is 6. The summed E-state index contributed by atoms with van der Waals surface area (Å²) in [6.07, 6.45) is 12.7. The first kappa shape index (κ1) is 31.4. The molecule has 0 saturated carbocycles. The van der Waals surface area contributed by atoms with Crippen molar-refractivity contribution in [3.8, 4) is 0 Å². The number of nitrogens with zero attached hydrogens (tertiary/aromatic N) is 2. The standard InChI is InChI=1S/C44H49BN2/c1-5-7-9-11-14-34-20-24-36(25-21-34)46-40-28-18-32(3)30-38(40)45-39-31-33(4)19-29-41(39)47(43-17-13-16-42(46)44(43)45)37-26-22-35(23-27-37)15-12-10-8-6-2/h13,16-31H,5-12,14-15H2,1-4H3. The van der Waals surface area contributed by atoms with Crippen molar-refractivity contribution in [3.63, 3.8) is 0 Å². The van der Waals surface area contributed by atoms with E-state index in [2.05, 4.69) is 141 Å². The molecule has 7 rings (SSSR count). The minimum atomic E-state index is 0.175. The fourth-order valence-electron chi connectivity index (χ4n) is 7.87. The first-order valence-corrected chi connectivity index (χ1v) is 18.2. The average molecular weight is 617 g/mol. The van der Waals surface area contributed by atoms with Crippen molar-refractivity contribution in [2.24, 2.45) is 0 Å². The molecule has 0 unspecified atom stereocenters. The number of hydrogen-bond donors (Lipinski definition) is 0. The Morgan fingerprint density at radius 3 is 1.34 bits per heavy atom. The van der Waals surface area contributed by atoms with Gasteiger partial charge in [0.2, 0.25) is 0 Å². The van der Waals surface area contributed by atoms with Gasteiger partial charge in [0.1, 0.15) is 0 Å². The Balaban J connectivity index is 1.33. The van der Waals surface area contributed by atoms with Crippen LogP contribution >= 0.6 is 0 Å². The summed E-state index contributed by atoms with van der Waals surface area (Å²) in [5.74, 6) is 0. The van der Waals surface area contributed by atoms with Gasteiger partial charge in [0.25, 0.3) is 6.71 Å². The van der Waals surface area contributed by atoms with Gasteiger partial charge in [-0.2, -0.15) is 0 Å². The maximum absolute atomic E-state index is 2.52. The summed E-state index contributed by atoms with van der Waals surface area (Å²) in [6, 6.07) is 39.8. The van der Waals surface area contributed by atoms with Crippen molar-refractivity contribution in [1.29, 1.82) is 0 Å². The third-order valence-electron chi connectivity index (χ3n) is 10.3. The van der Waals surface area contributed by atoms with Crippen LogP contribution in [-0.4, -0.2) is 6.71 Å². The highest BCUT2D eigenvalue weighted by molar-refractivity contribution is 7.00. The molecule has 5 aromatic carbocycles. The molecule has 2 aliphatic heterocycles. The number of anilines is 6. The lowest BCUT2D eigenvalue weighted by molar-refractivity contribution is 0.667. The Hall–Kier alpha value is -4.24. The van der Waals surface area contributed by atoms with E-state index in [1.807, 2.05) is 0 Å². The number of fused-ring (bicyclic) bond motifs is 4. The molecule has 2 heterocycles. The van der Waals surface area contributed by atoms with Gasteiger partial charge in [-0.15, -0.1) is 0 Å². The predicted molar refractivity (Wildman–Crippen MR) is 206 cm³/mol. The van der Waals surface area contributed by atoms with E-state index in [1.165, 1.54) is 124 Å². The van der Waals surface area contributed by atoms with Crippen molar-refractivity contribution in [2.45, 2.75) is 91.9 Å². The quantitative estimate of drug-likeness (QED) is 0.0996. The molecule has 3 heteroatoms. The average Bonchev–Trinajstić information content (AvgIpc) is 3.09. The second-order valence-corrected chi connectivity index (χ2v) is 13.9. The van der Waals surface area contributed by atoms with E-state index < -0.39 is 0 Å². The molecule has 0 aromatic heterocycles. The lowest BCUT2D eigenvalue weighted by atomic mass is 9.33. The first-order chi connectivity index (χ1) is 23.1. The van der Waals surface area contributed by atoms with E-state index in [4.69, 9.17) is 0 Å². The van der Waals surface area contributed by atoms with Gasteiger partial charge in [-0.05, 0) is 116 Å². The summed E-state index contributed by atoms with van der Waals surface area (Å²) in [6.45, 7) is 9.20. The molecule has 2 aliphatic rings. The monoisotopic (exact) mass is 616 g/mol.